The van der Waals surface area contributed by atoms with Crippen LogP contribution in [0.25, 0.3) is 0 Å². The van der Waals surface area contributed by atoms with E-state index in [9.17, 15) is 8.42 Å². The number of anilines is 1. The summed E-state index contributed by atoms with van der Waals surface area (Å²) in [5.74, 6) is 5.22. The Balaban J connectivity index is 2.45. The predicted molar refractivity (Wildman–Crippen MR) is 78.0 cm³/mol. The molecule has 0 fully saturated rings. The Labute approximate surface area is 122 Å². The molecule has 21 heavy (non-hydrogen) atoms. The van der Waals surface area contributed by atoms with Gasteiger partial charge >= 0.3 is 0 Å². The van der Waals surface area contributed by atoms with Crippen LogP contribution >= 0.6 is 0 Å². The fourth-order valence-electron chi connectivity index (χ4n) is 1.66. The second-order valence-corrected chi connectivity index (χ2v) is 5.81. The number of aromatic nitrogens is 2. The molecular formula is C14H13N3O3S. The Morgan fingerprint density at radius 2 is 2.14 bits per heavy atom. The van der Waals surface area contributed by atoms with Crippen LogP contribution in [0.4, 0.5) is 5.82 Å². The minimum absolute atomic E-state index is 0.0275. The third-order valence-electron chi connectivity index (χ3n) is 2.53. The molecule has 0 atom stereocenters. The van der Waals surface area contributed by atoms with Crippen LogP contribution in [0.15, 0.2) is 41.7 Å². The Morgan fingerprint density at radius 1 is 1.33 bits per heavy atom. The van der Waals surface area contributed by atoms with Gasteiger partial charge in [0.15, 0.2) is 5.82 Å². The molecule has 0 bridgehead atoms. The average Bonchev–Trinajstić information content (AvgIpc) is 2.45. The molecule has 0 unspecified atom stereocenters. The van der Waals surface area contributed by atoms with Crippen molar-refractivity contribution in [2.24, 2.45) is 0 Å². The quantitative estimate of drug-likeness (QED) is 0.823. The van der Waals surface area contributed by atoms with Crippen LogP contribution in [0.2, 0.25) is 0 Å². The summed E-state index contributed by atoms with van der Waals surface area (Å²) in [4.78, 5) is 7.70. The fraction of sp³-hybridized carbons (Fsp3) is 0.143. The van der Waals surface area contributed by atoms with E-state index in [1.807, 2.05) is 6.92 Å². The van der Waals surface area contributed by atoms with Gasteiger partial charge < -0.3 is 5.11 Å². The molecule has 0 saturated carbocycles. The van der Waals surface area contributed by atoms with Crippen LogP contribution in [0, 0.1) is 18.8 Å². The summed E-state index contributed by atoms with van der Waals surface area (Å²) in [5, 5.41) is 8.77. The van der Waals surface area contributed by atoms with E-state index >= 15 is 0 Å². The highest BCUT2D eigenvalue weighted by molar-refractivity contribution is 7.92. The Morgan fingerprint density at radius 3 is 2.81 bits per heavy atom. The van der Waals surface area contributed by atoms with E-state index in [4.69, 9.17) is 5.11 Å². The van der Waals surface area contributed by atoms with Crippen molar-refractivity contribution in [2.75, 3.05) is 11.3 Å². The molecule has 0 aliphatic heterocycles. The highest BCUT2D eigenvalue weighted by atomic mass is 32.2. The minimum atomic E-state index is -3.83. The third kappa shape index (κ3) is 3.78. The van der Waals surface area contributed by atoms with Crippen molar-refractivity contribution in [3.8, 4) is 11.8 Å². The van der Waals surface area contributed by atoms with Gasteiger partial charge in [-0.25, -0.2) is 13.4 Å². The molecule has 0 spiro atoms. The standard InChI is InChI=1S/C14H13N3O3S/c1-11-4-5-13(12(9-11)3-2-8-18)21(19,20)17-14-10-15-6-7-16-14/h4-7,9-10,18H,8H2,1H3,(H,16,17). The molecule has 108 valence electrons. The molecule has 2 N–H and O–H groups in total. The van der Waals surface area contributed by atoms with Gasteiger partial charge in [0.05, 0.1) is 6.20 Å². The molecule has 7 heteroatoms. The number of hydrogen-bond donors (Lipinski definition) is 2. The summed E-state index contributed by atoms with van der Waals surface area (Å²) in [5.41, 5.74) is 1.19. The Bertz CT molecular complexity index is 793. The summed E-state index contributed by atoms with van der Waals surface area (Å²) in [7, 11) is -3.83. The lowest BCUT2D eigenvalue weighted by Crippen LogP contribution is -2.15. The van der Waals surface area contributed by atoms with E-state index < -0.39 is 10.0 Å². The molecule has 1 aromatic carbocycles. The largest absolute Gasteiger partial charge is 0.384 e. The monoisotopic (exact) mass is 303 g/mol. The molecular weight excluding hydrogens is 290 g/mol. The van der Waals surface area contributed by atoms with Gasteiger partial charge in [0, 0.05) is 18.0 Å². The molecule has 0 aliphatic carbocycles. The second kappa shape index (κ2) is 6.35. The van der Waals surface area contributed by atoms with Crippen molar-refractivity contribution in [1.82, 2.24) is 9.97 Å². The van der Waals surface area contributed by atoms with Crippen LogP contribution in [0.1, 0.15) is 11.1 Å². The SMILES string of the molecule is Cc1ccc(S(=O)(=O)Nc2cnccn2)c(C#CCO)c1. The van der Waals surface area contributed by atoms with Crippen molar-refractivity contribution >= 4 is 15.8 Å². The summed E-state index contributed by atoms with van der Waals surface area (Å²) in [6.45, 7) is 1.49. The first-order valence-corrected chi connectivity index (χ1v) is 7.50. The molecule has 1 heterocycles. The normalized spacial score (nSPS) is 10.6. The van der Waals surface area contributed by atoms with Gasteiger partial charge in [-0.3, -0.25) is 9.71 Å². The maximum atomic E-state index is 12.4. The molecule has 6 nitrogen and oxygen atoms in total. The van der Waals surface area contributed by atoms with E-state index in [2.05, 4.69) is 26.5 Å². The Hall–Kier alpha value is -2.43. The van der Waals surface area contributed by atoms with Crippen molar-refractivity contribution in [3.05, 3.63) is 47.9 Å². The van der Waals surface area contributed by atoms with Gasteiger partial charge in [0.1, 0.15) is 11.5 Å². The molecule has 0 amide bonds. The predicted octanol–water partition coefficient (Wildman–Crippen LogP) is 0.930. The van der Waals surface area contributed by atoms with E-state index in [0.29, 0.717) is 5.56 Å². The zero-order valence-electron chi connectivity index (χ0n) is 11.2. The van der Waals surface area contributed by atoms with Crippen LogP contribution in [-0.2, 0) is 10.0 Å². The highest BCUT2D eigenvalue weighted by Gasteiger charge is 2.18. The van der Waals surface area contributed by atoms with Gasteiger partial charge in [-0.05, 0) is 24.6 Å². The van der Waals surface area contributed by atoms with Gasteiger partial charge in [-0.2, -0.15) is 0 Å². The van der Waals surface area contributed by atoms with Crippen molar-refractivity contribution in [2.45, 2.75) is 11.8 Å². The van der Waals surface area contributed by atoms with Gasteiger partial charge in [0.25, 0.3) is 10.0 Å². The van der Waals surface area contributed by atoms with Crippen molar-refractivity contribution in [1.29, 1.82) is 0 Å². The third-order valence-corrected chi connectivity index (χ3v) is 3.94. The molecule has 0 aliphatic rings. The fourth-order valence-corrected chi connectivity index (χ4v) is 2.79. The second-order valence-electron chi connectivity index (χ2n) is 4.16. The number of rotatable bonds is 3. The van der Waals surface area contributed by atoms with Crippen LogP contribution in [-0.4, -0.2) is 30.1 Å². The first-order valence-electron chi connectivity index (χ1n) is 6.02. The molecule has 0 radical (unpaired) electrons. The van der Waals surface area contributed by atoms with E-state index in [1.54, 1.807) is 12.1 Å². The van der Waals surface area contributed by atoms with Gasteiger partial charge in [-0.1, -0.05) is 17.9 Å². The number of aliphatic hydroxyl groups is 1. The number of aryl methyl sites for hydroxylation is 1. The zero-order chi connectivity index (χ0) is 15.3. The van der Waals surface area contributed by atoms with E-state index in [1.165, 1.54) is 24.7 Å². The first-order chi connectivity index (χ1) is 10.0. The van der Waals surface area contributed by atoms with Crippen molar-refractivity contribution < 1.29 is 13.5 Å². The lowest BCUT2D eigenvalue weighted by molar-refractivity contribution is 0.350. The van der Waals surface area contributed by atoms with Crippen LogP contribution < -0.4 is 4.72 Å². The number of sulfonamides is 1. The molecule has 2 rings (SSSR count). The number of benzene rings is 1. The van der Waals surface area contributed by atoms with Gasteiger partial charge in [0.2, 0.25) is 0 Å². The minimum Gasteiger partial charge on any atom is -0.384 e. The lowest BCUT2D eigenvalue weighted by Gasteiger charge is -2.09. The van der Waals surface area contributed by atoms with Crippen LogP contribution in [0.3, 0.4) is 0 Å². The first kappa shape index (κ1) is 15.0. The number of hydrogen-bond acceptors (Lipinski definition) is 5. The summed E-state index contributed by atoms with van der Waals surface area (Å²) >= 11 is 0. The molecule has 0 saturated heterocycles. The Kier molecular flexibility index (Phi) is 4.52. The highest BCUT2D eigenvalue weighted by Crippen LogP contribution is 2.19. The number of nitrogens with one attached hydrogen (secondary N) is 1. The summed E-state index contributed by atoms with van der Waals surface area (Å²) < 4.78 is 27.1. The molecule has 2 aromatic rings. The number of aliphatic hydroxyl groups excluding tert-OH is 1. The van der Waals surface area contributed by atoms with Gasteiger partial charge in [-0.15, -0.1) is 0 Å². The maximum absolute atomic E-state index is 12.4. The van der Waals surface area contributed by atoms with Crippen LogP contribution in [0.5, 0.6) is 0 Å². The smallest absolute Gasteiger partial charge is 0.264 e. The molecule has 1 aromatic heterocycles. The topological polar surface area (TPSA) is 92.2 Å². The maximum Gasteiger partial charge on any atom is 0.264 e. The number of nitrogens with zero attached hydrogens (tertiary/aromatic N) is 2. The zero-order valence-corrected chi connectivity index (χ0v) is 12.1. The summed E-state index contributed by atoms with van der Waals surface area (Å²) in [6.07, 6.45) is 4.14. The average molecular weight is 303 g/mol. The van der Waals surface area contributed by atoms with E-state index in [-0.39, 0.29) is 17.3 Å². The van der Waals surface area contributed by atoms with E-state index in [0.717, 1.165) is 5.56 Å². The summed E-state index contributed by atoms with van der Waals surface area (Å²) in [6, 6.07) is 4.79. The van der Waals surface area contributed by atoms with Crippen molar-refractivity contribution in [3.63, 3.8) is 0 Å². The lowest BCUT2D eigenvalue weighted by atomic mass is 10.1.